The van der Waals surface area contributed by atoms with Gasteiger partial charge in [-0.3, -0.25) is 0 Å². The minimum atomic E-state index is 0.757. The number of hydrogen-bond acceptors (Lipinski definition) is 3. The Labute approximate surface area is 75.3 Å². The molecule has 3 heteroatoms. The Bertz CT molecular complexity index is 108. The fourth-order valence-electron chi connectivity index (χ4n) is 1.67. The number of nitrogens with one attached hydrogen (secondary N) is 1. The third-order valence-corrected chi connectivity index (χ3v) is 2.59. The highest BCUT2D eigenvalue weighted by atomic mass is 15.1. The lowest BCUT2D eigenvalue weighted by Gasteiger charge is -2.28. The molecular formula is C9H21N3. The summed E-state index contributed by atoms with van der Waals surface area (Å²) in [5, 5.41) is 3.38. The summed E-state index contributed by atoms with van der Waals surface area (Å²) in [5.74, 6) is 0.882. The van der Waals surface area contributed by atoms with Gasteiger partial charge in [0.05, 0.1) is 0 Å². The highest BCUT2D eigenvalue weighted by molar-refractivity contribution is 4.71. The average molecular weight is 171 g/mol. The van der Waals surface area contributed by atoms with Crippen LogP contribution in [0, 0.1) is 5.92 Å². The monoisotopic (exact) mass is 171 g/mol. The molecule has 0 atom stereocenters. The maximum absolute atomic E-state index is 5.40. The lowest BCUT2D eigenvalue weighted by atomic mass is 9.97. The number of rotatable bonds is 4. The van der Waals surface area contributed by atoms with Crippen molar-refractivity contribution in [2.24, 2.45) is 11.7 Å². The van der Waals surface area contributed by atoms with Gasteiger partial charge in [-0.25, -0.2) is 0 Å². The van der Waals surface area contributed by atoms with Gasteiger partial charge in [0, 0.05) is 13.1 Å². The second kappa shape index (κ2) is 5.51. The van der Waals surface area contributed by atoms with E-state index in [2.05, 4.69) is 17.3 Å². The van der Waals surface area contributed by atoms with Crippen LogP contribution in [0.4, 0.5) is 0 Å². The van der Waals surface area contributed by atoms with Crippen LogP contribution in [0.25, 0.3) is 0 Å². The summed E-state index contributed by atoms with van der Waals surface area (Å²) >= 11 is 0. The molecule has 0 aromatic rings. The molecule has 1 aliphatic heterocycles. The van der Waals surface area contributed by atoms with Gasteiger partial charge in [-0.05, 0) is 45.4 Å². The zero-order valence-corrected chi connectivity index (χ0v) is 8.05. The molecule has 0 amide bonds. The Morgan fingerprint density at radius 1 is 1.42 bits per heavy atom. The van der Waals surface area contributed by atoms with Gasteiger partial charge in [0.25, 0.3) is 0 Å². The smallest absolute Gasteiger partial charge is 0.00746 e. The minimum Gasteiger partial charge on any atom is -0.329 e. The van der Waals surface area contributed by atoms with Crippen molar-refractivity contribution in [1.82, 2.24) is 10.2 Å². The van der Waals surface area contributed by atoms with Gasteiger partial charge in [-0.1, -0.05) is 0 Å². The van der Waals surface area contributed by atoms with Crippen LogP contribution in [0.1, 0.15) is 12.8 Å². The Kier molecular flexibility index (Phi) is 4.58. The van der Waals surface area contributed by atoms with E-state index in [4.69, 9.17) is 5.73 Å². The molecule has 1 fully saturated rings. The van der Waals surface area contributed by atoms with Crippen molar-refractivity contribution in [3.8, 4) is 0 Å². The third-order valence-electron chi connectivity index (χ3n) is 2.59. The maximum Gasteiger partial charge on any atom is 0.00746 e. The van der Waals surface area contributed by atoms with Crippen molar-refractivity contribution in [3.63, 3.8) is 0 Å². The van der Waals surface area contributed by atoms with Gasteiger partial charge >= 0.3 is 0 Å². The Morgan fingerprint density at radius 3 is 2.67 bits per heavy atom. The van der Waals surface area contributed by atoms with Crippen LogP contribution in [0.3, 0.4) is 0 Å². The summed E-state index contributed by atoms with van der Waals surface area (Å²) in [7, 11) is 2.20. The van der Waals surface area contributed by atoms with E-state index >= 15 is 0 Å². The number of piperidine rings is 1. The van der Waals surface area contributed by atoms with Crippen molar-refractivity contribution in [2.45, 2.75) is 12.8 Å². The first-order chi connectivity index (χ1) is 5.83. The molecule has 0 radical (unpaired) electrons. The molecule has 0 unspecified atom stereocenters. The predicted molar refractivity (Wildman–Crippen MR) is 52.1 cm³/mol. The molecule has 3 nitrogen and oxygen atoms in total. The normalized spacial score (nSPS) is 21.5. The first kappa shape index (κ1) is 9.96. The molecule has 72 valence electrons. The van der Waals surface area contributed by atoms with Crippen LogP contribution in [0.5, 0.6) is 0 Å². The second-order valence-electron chi connectivity index (χ2n) is 3.74. The van der Waals surface area contributed by atoms with Gasteiger partial charge < -0.3 is 16.0 Å². The van der Waals surface area contributed by atoms with Crippen LogP contribution in [-0.2, 0) is 0 Å². The molecule has 3 N–H and O–H groups in total. The van der Waals surface area contributed by atoms with Crippen molar-refractivity contribution in [3.05, 3.63) is 0 Å². The van der Waals surface area contributed by atoms with Gasteiger partial charge in [0.1, 0.15) is 0 Å². The molecule has 0 aliphatic carbocycles. The molecule has 0 bridgehead atoms. The third kappa shape index (κ3) is 3.52. The number of nitrogens with zero attached hydrogens (tertiary/aromatic N) is 1. The van der Waals surface area contributed by atoms with Crippen molar-refractivity contribution < 1.29 is 0 Å². The van der Waals surface area contributed by atoms with E-state index < -0.39 is 0 Å². The first-order valence-corrected chi connectivity index (χ1v) is 4.92. The second-order valence-corrected chi connectivity index (χ2v) is 3.74. The van der Waals surface area contributed by atoms with E-state index in [1.165, 1.54) is 25.9 Å². The Hall–Kier alpha value is -0.120. The fourth-order valence-corrected chi connectivity index (χ4v) is 1.67. The molecule has 12 heavy (non-hydrogen) atoms. The summed E-state index contributed by atoms with van der Waals surface area (Å²) < 4.78 is 0. The van der Waals surface area contributed by atoms with E-state index in [0.717, 1.165) is 25.6 Å². The van der Waals surface area contributed by atoms with Gasteiger partial charge in [-0.2, -0.15) is 0 Å². The molecule has 1 heterocycles. The van der Waals surface area contributed by atoms with Crippen LogP contribution in [-0.4, -0.2) is 44.7 Å². The van der Waals surface area contributed by atoms with E-state index in [-0.39, 0.29) is 0 Å². The van der Waals surface area contributed by atoms with E-state index in [1.54, 1.807) is 0 Å². The number of hydrogen-bond donors (Lipinski definition) is 2. The summed E-state index contributed by atoms with van der Waals surface area (Å²) in [4.78, 5) is 2.40. The zero-order chi connectivity index (χ0) is 8.81. The highest BCUT2D eigenvalue weighted by Gasteiger charge is 2.15. The SMILES string of the molecule is CN1CCC(CNCCN)CC1. The van der Waals surface area contributed by atoms with E-state index in [9.17, 15) is 0 Å². The lowest BCUT2D eigenvalue weighted by molar-refractivity contribution is 0.216. The molecule has 0 aromatic carbocycles. The summed E-state index contributed by atoms with van der Waals surface area (Å²) in [5.41, 5.74) is 5.40. The van der Waals surface area contributed by atoms with Crippen molar-refractivity contribution in [1.29, 1.82) is 0 Å². The summed E-state index contributed by atoms with van der Waals surface area (Å²) in [6.07, 6.45) is 2.68. The maximum atomic E-state index is 5.40. The number of nitrogens with two attached hydrogens (primary N) is 1. The topological polar surface area (TPSA) is 41.3 Å². The molecule has 0 saturated carbocycles. The summed E-state index contributed by atoms with van der Waals surface area (Å²) in [6.45, 7) is 5.40. The van der Waals surface area contributed by atoms with Crippen LogP contribution >= 0.6 is 0 Å². The molecule has 1 saturated heterocycles. The van der Waals surface area contributed by atoms with E-state index in [0.29, 0.717) is 0 Å². The minimum absolute atomic E-state index is 0.757. The van der Waals surface area contributed by atoms with Crippen LogP contribution in [0.15, 0.2) is 0 Å². The Balaban J connectivity index is 2.01. The highest BCUT2D eigenvalue weighted by Crippen LogP contribution is 2.14. The van der Waals surface area contributed by atoms with Crippen LogP contribution < -0.4 is 11.1 Å². The zero-order valence-electron chi connectivity index (χ0n) is 8.05. The molecule has 0 spiro atoms. The molecular weight excluding hydrogens is 150 g/mol. The Morgan fingerprint density at radius 2 is 2.08 bits per heavy atom. The average Bonchev–Trinajstić information content (AvgIpc) is 2.09. The number of likely N-dealkylation sites (tertiary alicyclic amines) is 1. The van der Waals surface area contributed by atoms with Gasteiger partial charge in [0.15, 0.2) is 0 Å². The largest absolute Gasteiger partial charge is 0.329 e. The van der Waals surface area contributed by atoms with Gasteiger partial charge in [0.2, 0.25) is 0 Å². The van der Waals surface area contributed by atoms with Crippen LogP contribution in [0.2, 0.25) is 0 Å². The molecule has 1 aliphatic rings. The molecule has 0 aromatic heterocycles. The quantitative estimate of drug-likeness (QED) is 0.579. The predicted octanol–water partition coefficient (Wildman–Crippen LogP) is -0.123. The van der Waals surface area contributed by atoms with E-state index in [1.807, 2.05) is 0 Å². The van der Waals surface area contributed by atoms with Crippen molar-refractivity contribution >= 4 is 0 Å². The fraction of sp³-hybridized carbons (Fsp3) is 1.00. The molecule has 1 rings (SSSR count). The first-order valence-electron chi connectivity index (χ1n) is 4.92. The van der Waals surface area contributed by atoms with Crippen molar-refractivity contribution in [2.75, 3.05) is 39.8 Å². The summed E-state index contributed by atoms with van der Waals surface area (Å²) in [6, 6.07) is 0. The standard InChI is InChI=1S/C9H21N3/c1-12-6-2-9(3-7-12)8-11-5-4-10/h9,11H,2-8,10H2,1H3. The van der Waals surface area contributed by atoms with Gasteiger partial charge in [-0.15, -0.1) is 0 Å². The lowest BCUT2D eigenvalue weighted by Crippen LogP contribution is -2.36.